The van der Waals surface area contributed by atoms with Gasteiger partial charge in [0.25, 0.3) is 0 Å². The van der Waals surface area contributed by atoms with Crippen molar-refractivity contribution in [3.63, 3.8) is 0 Å². The molecule has 6 heteroatoms. The molecule has 9 rings (SSSR count). The number of nitrogens with zero attached hydrogens (tertiary/aromatic N) is 6. The van der Waals surface area contributed by atoms with E-state index < -0.39 is 0 Å². The number of hydrogen-bond donors (Lipinski definition) is 0. The number of benzene rings is 5. The van der Waals surface area contributed by atoms with Crippen LogP contribution in [-0.4, -0.2) is 29.9 Å². The van der Waals surface area contributed by atoms with E-state index in [9.17, 15) is 0 Å². The zero-order valence-corrected chi connectivity index (χ0v) is 26.4. The van der Waals surface area contributed by atoms with Gasteiger partial charge >= 0.3 is 0 Å². The van der Waals surface area contributed by atoms with E-state index in [1.807, 2.05) is 85.2 Å². The van der Waals surface area contributed by atoms with Crippen LogP contribution in [0.4, 0.5) is 0 Å². The molecule has 49 heavy (non-hydrogen) atoms. The average Bonchev–Trinajstić information content (AvgIpc) is 3.58. The zero-order chi connectivity index (χ0) is 32.6. The van der Waals surface area contributed by atoms with Crippen LogP contribution in [0.15, 0.2) is 158 Å². The molecule has 0 amide bonds. The smallest absolute Gasteiger partial charge is 0.164 e. The van der Waals surface area contributed by atoms with Crippen molar-refractivity contribution in [2.45, 2.75) is 6.42 Å². The van der Waals surface area contributed by atoms with E-state index in [2.05, 4.69) is 76.7 Å². The normalized spacial score (nSPS) is 11.6. The van der Waals surface area contributed by atoms with Gasteiger partial charge in [0.05, 0.1) is 11.4 Å². The molecule has 0 aliphatic heterocycles. The van der Waals surface area contributed by atoms with Crippen LogP contribution in [0, 0.1) is 0 Å². The van der Waals surface area contributed by atoms with Gasteiger partial charge < -0.3 is 0 Å². The first-order chi connectivity index (χ1) is 24.3. The lowest BCUT2D eigenvalue weighted by Crippen LogP contribution is -2.00. The molecule has 5 aromatic carbocycles. The van der Waals surface area contributed by atoms with Gasteiger partial charge in [0, 0.05) is 52.2 Å². The van der Waals surface area contributed by atoms with E-state index in [-0.39, 0.29) is 0 Å². The fourth-order valence-electron chi connectivity index (χ4n) is 6.55. The predicted octanol–water partition coefficient (Wildman–Crippen LogP) is 9.63. The van der Waals surface area contributed by atoms with Crippen molar-refractivity contribution in [2.75, 3.05) is 0 Å². The Morgan fingerprint density at radius 2 is 0.898 bits per heavy atom. The molecule has 1 aliphatic carbocycles. The highest BCUT2D eigenvalue weighted by molar-refractivity contribution is 5.83. The summed E-state index contributed by atoms with van der Waals surface area (Å²) in [6.45, 7) is 0. The topological polar surface area (TPSA) is 77.3 Å². The van der Waals surface area contributed by atoms with Crippen molar-refractivity contribution in [1.82, 2.24) is 29.9 Å². The molecule has 0 spiro atoms. The molecule has 3 aromatic heterocycles. The Balaban J connectivity index is 1.16. The molecule has 0 radical (unpaired) electrons. The number of aromatic nitrogens is 6. The fraction of sp³-hybridized carbons (Fsp3) is 0.0233. The SMILES string of the molecule is c1ccc(-c2nc(-c3ccccc3)nc(-c3cc(-c4ccncc4)cc(-c4ccc(-c5ncnc6c5Cc5ccccc5-6)cc4)c3)n2)cc1. The quantitative estimate of drug-likeness (QED) is 0.182. The summed E-state index contributed by atoms with van der Waals surface area (Å²) in [5.41, 5.74) is 13.8. The Kier molecular flexibility index (Phi) is 7.09. The second-order valence-electron chi connectivity index (χ2n) is 12.0. The molecule has 6 nitrogen and oxygen atoms in total. The van der Waals surface area contributed by atoms with E-state index >= 15 is 0 Å². The predicted molar refractivity (Wildman–Crippen MR) is 194 cm³/mol. The molecule has 0 unspecified atom stereocenters. The Labute approximate surface area is 284 Å². The van der Waals surface area contributed by atoms with Crippen molar-refractivity contribution in [3.05, 3.63) is 169 Å². The molecule has 0 N–H and O–H groups in total. The Morgan fingerprint density at radius 3 is 1.55 bits per heavy atom. The van der Waals surface area contributed by atoms with E-state index in [1.54, 1.807) is 6.33 Å². The molecule has 0 fully saturated rings. The minimum absolute atomic E-state index is 0.609. The van der Waals surface area contributed by atoms with Crippen LogP contribution in [0.5, 0.6) is 0 Å². The van der Waals surface area contributed by atoms with Crippen molar-refractivity contribution in [1.29, 1.82) is 0 Å². The van der Waals surface area contributed by atoms with Gasteiger partial charge in [-0.25, -0.2) is 24.9 Å². The lowest BCUT2D eigenvalue weighted by Gasteiger charge is -2.13. The van der Waals surface area contributed by atoms with Crippen LogP contribution in [0.3, 0.4) is 0 Å². The van der Waals surface area contributed by atoms with Gasteiger partial charge in [-0.2, -0.15) is 0 Å². The van der Waals surface area contributed by atoms with Gasteiger partial charge in [-0.15, -0.1) is 0 Å². The highest BCUT2D eigenvalue weighted by Crippen LogP contribution is 2.40. The zero-order valence-electron chi connectivity index (χ0n) is 26.4. The summed E-state index contributed by atoms with van der Waals surface area (Å²) >= 11 is 0. The van der Waals surface area contributed by atoms with Crippen LogP contribution in [-0.2, 0) is 6.42 Å². The minimum atomic E-state index is 0.609. The standard InChI is InChI=1S/C43H28N6/c1-3-9-31(10-4-1)41-47-42(32-11-5-2-6-12-32)49-43(48-41)36-24-34(23-35(25-36)29-19-21-44-22-20-29)28-15-17-30(18-16-28)39-38-26-33-13-7-8-14-37(33)40(38)46-27-45-39/h1-25,27H,26H2. The largest absolute Gasteiger partial charge is 0.265 e. The maximum absolute atomic E-state index is 5.02. The summed E-state index contributed by atoms with van der Waals surface area (Å²) in [6.07, 6.45) is 6.15. The third-order valence-electron chi connectivity index (χ3n) is 8.98. The first kappa shape index (κ1) is 28.6. The molecule has 8 aromatic rings. The van der Waals surface area contributed by atoms with Gasteiger partial charge in [-0.05, 0) is 58.1 Å². The van der Waals surface area contributed by atoms with Crippen LogP contribution >= 0.6 is 0 Å². The molecule has 1 aliphatic rings. The van der Waals surface area contributed by atoms with Crippen molar-refractivity contribution < 1.29 is 0 Å². The van der Waals surface area contributed by atoms with Crippen molar-refractivity contribution in [2.24, 2.45) is 0 Å². The Hall–Kier alpha value is -6.66. The number of fused-ring (bicyclic) bond motifs is 3. The summed E-state index contributed by atoms with van der Waals surface area (Å²) in [7, 11) is 0. The molecule has 3 heterocycles. The van der Waals surface area contributed by atoms with Gasteiger partial charge in [0.2, 0.25) is 0 Å². The van der Waals surface area contributed by atoms with Crippen LogP contribution in [0.2, 0.25) is 0 Å². The highest BCUT2D eigenvalue weighted by atomic mass is 15.0. The first-order valence-corrected chi connectivity index (χ1v) is 16.2. The monoisotopic (exact) mass is 628 g/mol. The van der Waals surface area contributed by atoms with E-state index in [0.29, 0.717) is 17.5 Å². The minimum Gasteiger partial charge on any atom is -0.265 e. The average molecular weight is 629 g/mol. The summed E-state index contributed by atoms with van der Waals surface area (Å²) in [4.78, 5) is 28.6. The number of hydrogen-bond acceptors (Lipinski definition) is 6. The second-order valence-corrected chi connectivity index (χ2v) is 12.0. The fourth-order valence-corrected chi connectivity index (χ4v) is 6.55. The number of rotatable bonds is 6. The third kappa shape index (κ3) is 5.45. The lowest BCUT2D eigenvalue weighted by atomic mass is 9.95. The Bertz CT molecular complexity index is 2390. The molecule has 0 atom stereocenters. The second kappa shape index (κ2) is 12.2. The molecule has 0 saturated carbocycles. The van der Waals surface area contributed by atoms with Gasteiger partial charge in [0.1, 0.15) is 6.33 Å². The summed E-state index contributed by atoms with van der Waals surface area (Å²) in [5.74, 6) is 1.87. The van der Waals surface area contributed by atoms with E-state index in [4.69, 9.17) is 19.9 Å². The molecule has 230 valence electrons. The van der Waals surface area contributed by atoms with Gasteiger partial charge in [-0.3, -0.25) is 4.98 Å². The van der Waals surface area contributed by atoms with E-state index in [0.717, 1.165) is 62.3 Å². The molecule has 0 saturated heterocycles. The summed E-state index contributed by atoms with van der Waals surface area (Å²) in [5, 5.41) is 0. The van der Waals surface area contributed by atoms with Crippen molar-refractivity contribution >= 4 is 0 Å². The summed E-state index contributed by atoms with van der Waals surface area (Å²) < 4.78 is 0. The van der Waals surface area contributed by atoms with Crippen molar-refractivity contribution in [3.8, 4) is 78.9 Å². The summed E-state index contributed by atoms with van der Waals surface area (Å²) in [6, 6.07) is 47.8. The van der Waals surface area contributed by atoms with Crippen LogP contribution in [0.1, 0.15) is 11.1 Å². The van der Waals surface area contributed by atoms with Crippen LogP contribution in [0.25, 0.3) is 78.9 Å². The molecular weight excluding hydrogens is 601 g/mol. The van der Waals surface area contributed by atoms with E-state index in [1.165, 1.54) is 16.7 Å². The molecule has 0 bridgehead atoms. The number of pyridine rings is 1. The maximum atomic E-state index is 5.02. The lowest BCUT2D eigenvalue weighted by molar-refractivity contribution is 1.07. The Morgan fingerprint density at radius 1 is 0.388 bits per heavy atom. The van der Waals surface area contributed by atoms with Crippen LogP contribution < -0.4 is 0 Å². The van der Waals surface area contributed by atoms with Gasteiger partial charge in [-0.1, -0.05) is 109 Å². The third-order valence-corrected chi connectivity index (χ3v) is 8.98. The maximum Gasteiger partial charge on any atom is 0.164 e. The van der Waals surface area contributed by atoms with Gasteiger partial charge in [0.15, 0.2) is 17.5 Å². The highest BCUT2D eigenvalue weighted by Gasteiger charge is 2.23. The molecular formula is C43H28N6. The first-order valence-electron chi connectivity index (χ1n) is 16.2.